The van der Waals surface area contributed by atoms with Gasteiger partial charge in [0.15, 0.2) is 0 Å². The van der Waals surface area contributed by atoms with Crippen LogP contribution < -0.4 is 0 Å². The fourth-order valence-corrected chi connectivity index (χ4v) is 4.18. The number of piperidine rings is 1. The van der Waals surface area contributed by atoms with E-state index in [-0.39, 0.29) is 0 Å². The van der Waals surface area contributed by atoms with Crippen LogP contribution in [0.3, 0.4) is 0 Å². The van der Waals surface area contributed by atoms with E-state index in [0.29, 0.717) is 11.9 Å². The highest BCUT2D eigenvalue weighted by atomic mass is 35.5. The van der Waals surface area contributed by atoms with Crippen LogP contribution in [-0.2, 0) is 12.4 Å². The highest BCUT2D eigenvalue weighted by Gasteiger charge is 2.25. The van der Waals surface area contributed by atoms with E-state index in [1.54, 1.807) is 0 Å². The molecule has 3 nitrogen and oxygen atoms in total. The summed E-state index contributed by atoms with van der Waals surface area (Å²) in [5.41, 5.74) is 4.91. The van der Waals surface area contributed by atoms with Crippen LogP contribution in [0.15, 0.2) is 48.5 Å². The van der Waals surface area contributed by atoms with Crippen molar-refractivity contribution >= 4 is 22.6 Å². The van der Waals surface area contributed by atoms with E-state index in [9.17, 15) is 0 Å². The molecule has 2 aromatic carbocycles. The molecule has 4 rings (SSSR count). The Bertz CT molecular complexity index is 856. The van der Waals surface area contributed by atoms with Gasteiger partial charge < -0.3 is 4.57 Å². The summed E-state index contributed by atoms with van der Waals surface area (Å²) in [4.78, 5) is 7.35. The van der Waals surface area contributed by atoms with Crippen molar-refractivity contribution in [2.45, 2.75) is 38.2 Å². The number of alkyl halides is 1. The normalized spacial score (nSPS) is 18.7. The Kier molecular flexibility index (Phi) is 4.78. The predicted molar refractivity (Wildman–Crippen MR) is 104 cm³/mol. The second-order valence-corrected chi connectivity index (χ2v) is 7.31. The van der Waals surface area contributed by atoms with Crippen LogP contribution in [0.5, 0.6) is 0 Å². The molecule has 1 unspecified atom stereocenters. The van der Waals surface area contributed by atoms with E-state index >= 15 is 0 Å². The average Bonchev–Trinajstić information content (AvgIpc) is 3.00. The molecule has 0 N–H and O–H groups in total. The molecule has 0 radical (unpaired) electrons. The molecule has 4 heteroatoms. The number of hydrogen-bond donors (Lipinski definition) is 0. The Morgan fingerprint density at radius 1 is 1.16 bits per heavy atom. The summed E-state index contributed by atoms with van der Waals surface area (Å²) in [5, 5.41) is 0. The summed E-state index contributed by atoms with van der Waals surface area (Å²) in [5.74, 6) is 1.46. The van der Waals surface area contributed by atoms with Gasteiger partial charge in [0.1, 0.15) is 5.82 Å². The summed E-state index contributed by atoms with van der Waals surface area (Å²) in [7, 11) is 0. The van der Waals surface area contributed by atoms with Crippen molar-refractivity contribution in [3.63, 3.8) is 0 Å². The molecule has 1 aromatic heterocycles. The topological polar surface area (TPSA) is 21.1 Å². The molecule has 25 heavy (non-hydrogen) atoms. The number of nitrogens with zero attached hydrogens (tertiary/aromatic N) is 3. The predicted octanol–water partition coefficient (Wildman–Crippen LogP) is 4.92. The first kappa shape index (κ1) is 16.6. The van der Waals surface area contributed by atoms with Crippen LogP contribution in [0, 0.1) is 6.92 Å². The largest absolute Gasteiger partial charge is 0.323 e. The minimum Gasteiger partial charge on any atom is -0.323 e. The smallest absolute Gasteiger partial charge is 0.125 e. The number of imidazole rings is 1. The number of hydrogen-bond acceptors (Lipinski definition) is 2. The van der Waals surface area contributed by atoms with Crippen LogP contribution in [0.25, 0.3) is 11.0 Å². The molecule has 1 aliphatic heterocycles. The van der Waals surface area contributed by atoms with Crippen LogP contribution in [0.4, 0.5) is 0 Å². The number of aryl methyl sites for hydroxylation is 1. The average molecular weight is 354 g/mol. The number of halogens is 1. The maximum Gasteiger partial charge on any atom is 0.125 e. The van der Waals surface area contributed by atoms with Crippen molar-refractivity contribution in [2.24, 2.45) is 0 Å². The van der Waals surface area contributed by atoms with E-state index in [1.807, 2.05) is 0 Å². The summed E-state index contributed by atoms with van der Waals surface area (Å²) < 4.78 is 2.39. The van der Waals surface area contributed by atoms with Crippen molar-refractivity contribution in [2.75, 3.05) is 13.1 Å². The monoisotopic (exact) mass is 353 g/mol. The van der Waals surface area contributed by atoms with Gasteiger partial charge in [0, 0.05) is 19.1 Å². The summed E-state index contributed by atoms with van der Waals surface area (Å²) >= 11 is 6.23. The Labute approximate surface area is 154 Å². The maximum absolute atomic E-state index is 6.23. The highest BCUT2D eigenvalue weighted by Crippen LogP contribution is 2.29. The fraction of sp³-hybridized carbons (Fsp3) is 0.381. The second kappa shape index (κ2) is 7.19. The van der Waals surface area contributed by atoms with Gasteiger partial charge >= 0.3 is 0 Å². The van der Waals surface area contributed by atoms with Crippen LogP contribution in [0.2, 0.25) is 0 Å². The molecule has 0 aliphatic carbocycles. The Morgan fingerprint density at radius 2 is 2.00 bits per heavy atom. The summed E-state index contributed by atoms with van der Waals surface area (Å²) in [6.07, 6.45) is 2.40. The van der Waals surface area contributed by atoms with Gasteiger partial charge in [-0.3, -0.25) is 4.90 Å². The van der Waals surface area contributed by atoms with Crippen LogP contribution in [0.1, 0.15) is 35.8 Å². The molecular formula is C21H24ClN3. The van der Waals surface area contributed by atoms with Gasteiger partial charge in [-0.1, -0.05) is 36.4 Å². The molecular weight excluding hydrogens is 330 g/mol. The van der Waals surface area contributed by atoms with Gasteiger partial charge in [-0.2, -0.15) is 0 Å². The van der Waals surface area contributed by atoms with Crippen molar-refractivity contribution in [1.82, 2.24) is 14.5 Å². The molecule has 2 heterocycles. The number of aromatic nitrogens is 2. The van der Waals surface area contributed by atoms with E-state index < -0.39 is 0 Å². The second-order valence-electron chi connectivity index (χ2n) is 7.04. The molecule has 0 bridgehead atoms. The molecule has 1 saturated heterocycles. The zero-order valence-corrected chi connectivity index (χ0v) is 15.4. The van der Waals surface area contributed by atoms with Crippen LogP contribution in [-0.4, -0.2) is 27.5 Å². The van der Waals surface area contributed by atoms with Gasteiger partial charge in [0.05, 0.1) is 16.9 Å². The molecule has 0 spiro atoms. The van der Waals surface area contributed by atoms with Crippen molar-refractivity contribution in [1.29, 1.82) is 0 Å². The Balaban J connectivity index is 1.62. The lowest BCUT2D eigenvalue weighted by Gasteiger charge is -2.34. The zero-order valence-electron chi connectivity index (χ0n) is 14.7. The SMILES string of the molecule is Cc1ccc2c(c1)nc(CCl)n2C1CCCN(Cc2ccccc2)C1. The third kappa shape index (κ3) is 3.44. The molecule has 1 fully saturated rings. The Hall–Kier alpha value is -1.84. The molecule has 3 aromatic rings. The maximum atomic E-state index is 6.23. The van der Waals surface area contributed by atoms with Gasteiger partial charge in [-0.15, -0.1) is 11.6 Å². The quantitative estimate of drug-likeness (QED) is 0.621. The number of fused-ring (bicyclic) bond motifs is 1. The van der Waals surface area contributed by atoms with E-state index in [4.69, 9.17) is 16.6 Å². The van der Waals surface area contributed by atoms with Gasteiger partial charge in [0.2, 0.25) is 0 Å². The third-order valence-electron chi connectivity index (χ3n) is 5.13. The standard InChI is InChI=1S/C21H24ClN3/c1-16-9-10-20-19(12-16)23-21(13-22)25(20)18-8-5-11-24(15-18)14-17-6-3-2-4-7-17/h2-4,6-7,9-10,12,18H,5,8,11,13-15H2,1H3. The molecule has 1 atom stereocenters. The van der Waals surface area contributed by atoms with Crippen molar-refractivity contribution in [3.8, 4) is 0 Å². The Morgan fingerprint density at radius 3 is 2.80 bits per heavy atom. The van der Waals surface area contributed by atoms with Crippen molar-refractivity contribution in [3.05, 3.63) is 65.5 Å². The first-order valence-corrected chi connectivity index (χ1v) is 9.58. The first-order chi connectivity index (χ1) is 12.2. The lowest BCUT2D eigenvalue weighted by atomic mass is 10.0. The summed E-state index contributed by atoms with van der Waals surface area (Å²) in [6, 6.07) is 17.7. The lowest BCUT2D eigenvalue weighted by molar-refractivity contribution is 0.171. The van der Waals surface area contributed by atoms with Gasteiger partial charge in [0.25, 0.3) is 0 Å². The number of rotatable bonds is 4. The van der Waals surface area contributed by atoms with Crippen molar-refractivity contribution < 1.29 is 0 Å². The number of likely N-dealkylation sites (tertiary alicyclic amines) is 1. The lowest BCUT2D eigenvalue weighted by Crippen LogP contribution is -2.36. The minimum atomic E-state index is 0.443. The van der Waals surface area contributed by atoms with E-state index in [1.165, 1.54) is 29.5 Å². The highest BCUT2D eigenvalue weighted by molar-refractivity contribution is 6.16. The van der Waals surface area contributed by atoms with E-state index in [0.717, 1.165) is 31.0 Å². The minimum absolute atomic E-state index is 0.443. The van der Waals surface area contributed by atoms with Gasteiger partial charge in [-0.05, 0) is 49.6 Å². The molecule has 130 valence electrons. The van der Waals surface area contributed by atoms with Crippen LogP contribution >= 0.6 is 11.6 Å². The van der Waals surface area contributed by atoms with E-state index in [2.05, 4.69) is 64.9 Å². The third-order valence-corrected chi connectivity index (χ3v) is 5.37. The fourth-order valence-electron chi connectivity index (χ4n) is 3.99. The molecule has 0 amide bonds. The number of benzene rings is 2. The summed E-state index contributed by atoms with van der Waals surface area (Å²) in [6.45, 7) is 5.34. The molecule has 0 saturated carbocycles. The first-order valence-electron chi connectivity index (χ1n) is 9.04. The molecule has 1 aliphatic rings. The zero-order chi connectivity index (χ0) is 17.2. The van der Waals surface area contributed by atoms with Gasteiger partial charge in [-0.25, -0.2) is 4.98 Å².